The number of para-hydroxylation sites is 1. The molecule has 0 aliphatic heterocycles. The summed E-state index contributed by atoms with van der Waals surface area (Å²) in [7, 11) is 1.92. The van der Waals surface area contributed by atoms with Crippen LogP contribution in [0.25, 0.3) is 0 Å². The van der Waals surface area contributed by atoms with Gasteiger partial charge in [0.1, 0.15) is 0 Å². The molecule has 2 N–H and O–H groups in total. The summed E-state index contributed by atoms with van der Waals surface area (Å²) in [6.07, 6.45) is 7.02. The third kappa shape index (κ3) is 4.80. The zero-order valence-electron chi connectivity index (χ0n) is 12.2. The summed E-state index contributed by atoms with van der Waals surface area (Å²) in [6.45, 7) is 0.779. The van der Waals surface area contributed by atoms with Crippen LogP contribution in [-0.4, -0.2) is 13.0 Å². The number of benzene rings is 1. The first kappa shape index (κ1) is 17.0. The molecule has 1 amide bonds. The van der Waals surface area contributed by atoms with Gasteiger partial charge < -0.3 is 10.6 Å². The third-order valence-electron chi connectivity index (χ3n) is 3.87. The first-order valence-corrected chi connectivity index (χ1v) is 7.34. The van der Waals surface area contributed by atoms with Gasteiger partial charge in [-0.1, -0.05) is 43.9 Å². The fourth-order valence-corrected chi connectivity index (χ4v) is 2.76. The molecule has 0 aromatic heterocycles. The van der Waals surface area contributed by atoms with Gasteiger partial charge in [0.2, 0.25) is 5.91 Å². The van der Waals surface area contributed by atoms with E-state index in [9.17, 15) is 4.79 Å². The summed E-state index contributed by atoms with van der Waals surface area (Å²) in [5.41, 5.74) is 2.10. The second kappa shape index (κ2) is 8.98. The molecule has 1 aliphatic rings. The molecular weight excluding hydrogens is 272 g/mol. The van der Waals surface area contributed by atoms with Crippen LogP contribution in [0.5, 0.6) is 0 Å². The van der Waals surface area contributed by atoms with Crippen LogP contribution >= 0.6 is 12.4 Å². The lowest BCUT2D eigenvalue weighted by Gasteiger charge is -2.16. The van der Waals surface area contributed by atoms with Crippen molar-refractivity contribution >= 4 is 24.0 Å². The number of nitrogens with one attached hydrogen (secondary N) is 2. The van der Waals surface area contributed by atoms with E-state index >= 15 is 0 Å². The molecule has 0 spiro atoms. The Labute approximate surface area is 127 Å². The van der Waals surface area contributed by atoms with E-state index in [1.807, 2.05) is 25.2 Å². The van der Waals surface area contributed by atoms with Crippen molar-refractivity contribution in [1.82, 2.24) is 5.32 Å². The summed E-state index contributed by atoms with van der Waals surface area (Å²) < 4.78 is 0. The second-order valence-electron chi connectivity index (χ2n) is 5.37. The summed E-state index contributed by atoms with van der Waals surface area (Å²) >= 11 is 0. The third-order valence-corrected chi connectivity index (χ3v) is 3.87. The fourth-order valence-electron chi connectivity index (χ4n) is 2.76. The van der Waals surface area contributed by atoms with Gasteiger partial charge in [-0.25, -0.2) is 0 Å². The van der Waals surface area contributed by atoms with Crippen molar-refractivity contribution in [2.75, 3.05) is 12.4 Å². The van der Waals surface area contributed by atoms with Gasteiger partial charge in [-0.3, -0.25) is 4.79 Å². The summed E-state index contributed by atoms with van der Waals surface area (Å²) in [5.74, 6) is 0.399. The van der Waals surface area contributed by atoms with Gasteiger partial charge in [-0.05, 0) is 31.5 Å². The van der Waals surface area contributed by atoms with Crippen LogP contribution in [0.3, 0.4) is 0 Å². The van der Waals surface area contributed by atoms with Crippen molar-refractivity contribution in [1.29, 1.82) is 0 Å². The van der Waals surface area contributed by atoms with Crippen molar-refractivity contribution in [2.45, 2.75) is 45.1 Å². The molecule has 3 nitrogen and oxygen atoms in total. The number of amides is 1. The topological polar surface area (TPSA) is 41.1 Å². The number of anilines is 1. The fraction of sp³-hybridized carbons (Fsp3) is 0.562. The largest absolute Gasteiger partial charge is 0.326 e. The molecule has 20 heavy (non-hydrogen) atoms. The van der Waals surface area contributed by atoms with Crippen LogP contribution in [0.1, 0.15) is 44.1 Å². The normalized spacial score (nSPS) is 16.1. The number of rotatable bonds is 4. The van der Waals surface area contributed by atoms with Crippen molar-refractivity contribution < 1.29 is 4.79 Å². The van der Waals surface area contributed by atoms with Crippen LogP contribution in [0.2, 0.25) is 0 Å². The van der Waals surface area contributed by atoms with Crippen molar-refractivity contribution in [3.8, 4) is 0 Å². The van der Waals surface area contributed by atoms with Crippen molar-refractivity contribution in [3.05, 3.63) is 29.8 Å². The molecule has 0 bridgehead atoms. The number of carbonyl (C=O) groups is 1. The lowest BCUT2D eigenvalue weighted by molar-refractivity contribution is -0.120. The molecule has 112 valence electrons. The zero-order valence-corrected chi connectivity index (χ0v) is 13.0. The van der Waals surface area contributed by atoms with Gasteiger partial charge >= 0.3 is 0 Å². The van der Waals surface area contributed by atoms with Gasteiger partial charge in [-0.2, -0.15) is 0 Å². The highest BCUT2D eigenvalue weighted by Crippen LogP contribution is 2.25. The quantitative estimate of drug-likeness (QED) is 0.831. The predicted octanol–water partition coefficient (Wildman–Crippen LogP) is 3.74. The number of hydrogen-bond donors (Lipinski definition) is 2. The van der Waals surface area contributed by atoms with Crippen LogP contribution in [0, 0.1) is 5.92 Å². The Hall–Kier alpha value is -1.06. The molecule has 0 unspecified atom stereocenters. The molecular formula is C16H25ClN2O. The molecule has 1 aromatic rings. The van der Waals surface area contributed by atoms with E-state index in [4.69, 9.17) is 0 Å². The van der Waals surface area contributed by atoms with E-state index in [-0.39, 0.29) is 24.2 Å². The average Bonchev–Trinajstić information content (AvgIpc) is 2.70. The first-order chi connectivity index (χ1) is 9.31. The Kier molecular flexibility index (Phi) is 7.63. The Morgan fingerprint density at radius 1 is 1.15 bits per heavy atom. The molecule has 0 atom stereocenters. The Bertz CT molecular complexity index is 415. The van der Waals surface area contributed by atoms with Crippen molar-refractivity contribution in [2.24, 2.45) is 5.92 Å². The summed E-state index contributed by atoms with van der Waals surface area (Å²) in [4.78, 5) is 12.3. The van der Waals surface area contributed by atoms with Gasteiger partial charge in [0.25, 0.3) is 0 Å². The lowest BCUT2D eigenvalue weighted by atomic mass is 9.99. The Morgan fingerprint density at radius 2 is 1.80 bits per heavy atom. The molecule has 1 fully saturated rings. The maximum absolute atomic E-state index is 12.3. The van der Waals surface area contributed by atoms with Crippen LogP contribution in [0.4, 0.5) is 5.69 Å². The van der Waals surface area contributed by atoms with E-state index in [0.29, 0.717) is 0 Å². The Morgan fingerprint density at radius 3 is 2.45 bits per heavy atom. The van der Waals surface area contributed by atoms with Crippen molar-refractivity contribution in [3.63, 3.8) is 0 Å². The highest BCUT2D eigenvalue weighted by molar-refractivity contribution is 5.93. The van der Waals surface area contributed by atoms with E-state index in [0.717, 1.165) is 30.6 Å². The van der Waals surface area contributed by atoms with E-state index in [1.54, 1.807) is 0 Å². The number of carbonyl (C=O) groups excluding carboxylic acids is 1. The van der Waals surface area contributed by atoms with Gasteiger partial charge in [0.05, 0.1) is 0 Å². The second-order valence-corrected chi connectivity index (χ2v) is 5.37. The molecule has 0 radical (unpaired) electrons. The number of halogens is 1. The first-order valence-electron chi connectivity index (χ1n) is 7.34. The average molecular weight is 297 g/mol. The van der Waals surface area contributed by atoms with Gasteiger partial charge in [0.15, 0.2) is 0 Å². The van der Waals surface area contributed by atoms with Crippen LogP contribution < -0.4 is 10.6 Å². The molecule has 1 aromatic carbocycles. The standard InChI is InChI=1S/C16H24N2O.ClH/c1-17-12-14-10-6-7-11-15(14)18-16(19)13-8-4-2-3-5-9-13;/h6-7,10-11,13,17H,2-5,8-9,12H2,1H3,(H,18,19);1H. The van der Waals surface area contributed by atoms with E-state index in [2.05, 4.69) is 16.7 Å². The minimum Gasteiger partial charge on any atom is -0.326 e. The maximum atomic E-state index is 12.3. The molecule has 1 aliphatic carbocycles. The van der Waals surface area contributed by atoms with Gasteiger partial charge in [0, 0.05) is 18.2 Å². The molecule has 0 heterocycles. The smallest absolute Gasteiger partial charge is 0.227 e. The highest BCUT2D eigenvalue weighted by atomic mass is 35.5. The van der Waals surface area contributed by atoms with Crippen LogP contribution in [-0.2, 0) is 11.3 Å². The molecule has 0 saturated heterocycles. The number of hydrogen-bond acceptors (Lipinski definition) is 2. The van der Waals surface area contributed by atoms with Crippen LogP contribution in [0.15, 0.2) is 24.3 Å². The highest BCUT2D eigenvalue weighted by Gasteiger charge is 2.20. The SMILES string of the molecule is CNCc1ccccc1NC(=O)C1CCCCCC1.Cl. The maximum Gasteiger partial charge on any atom is 0.227 e. The lowest BCUT2D eigenvalue weighted by Crippen LogP contribution is -2.23. The minimum absolute atomic E-state index is 0. The summed E-state index contributed by atoms with van der Waals surface area (Å²) in [6, 6.07) is 8.02. The zero-order chi connectivity index (χ0) is 13.5. The van der Waals surface area contributed by atoms with Gasteiger partial charge in [-0.15, -0.1) is 12.4 Å². The molecule has 1 saturated carbocycles. The Balaban J connectivity index is 0.00000200. The molecule has 4 heteroatoms. The summed E-state index contributed by atoms with van der Waals surface area (Å²) in [5, 5.41) is 6.25. The monoisotopic (exact) mass is 296 g/mol. The molecule has 2 rings (SSSR count). The minimum atomic E-state index is 0. The predicted molar refractivity (Wildman–Crippen MR) is 86.3 cm³/mol. The van der Waals surface area contributed by atoms with E-state index in [1.165, 1.54) is 25.7 Å². The van der Waals surface area contributed by atoms with E-state index < -0.39 is 0 Å².